The number of benzene rings is 1. The molecule has 0 radical (unpaired) electrons. The summed E-state index contributed by atoms with van der Waals surface area (Å²) in [6.07, 6.45) is 0. The predicted octanol–water partition coefficient (Wildman–Crippen LogP) is 3.03. The molecule has 0 aromatic heterocycles. The van der Waals surface area contributed by atoms with Gasteiger partial charge in [0.2, 0.25) is 4.71 Å². The van der Waals surface area contributed by atoms with Gasteiger partial charge in [-0.15, -0.1) is 0 Å². The topological polar surface area (TPSA) is 26.0 Å². The predicted molar refractivity (Wildman–Crippen MR) is 70.7 cm³/mol. The lowest BCUT2D eigenvalue weighted by molar-refractivity contribution is 0.336. The highest BCUT2D eigenvalue weighted by Gasteiger charge is 2.45. The number of rotatable bonds is 3. The average Bonchev–Trinajstić information content (AvgIpc) is 2.63. The fraction of sp³-hybridized carbons (Fsp3) is 0.455. The summed E-state index contributed by atoms with van der Waals surface area (Å²) in [5, 5.41) is 5.82. The van der Waals surface area contributed by atoms with Crippen LogP contribution in [0.5, 0.6) is 0 Å². The zero-order chi connectivity index (χ0) is 10.9. The van der Waals surface area contributed by atoms with Crippen molar-refractivity contribution in [1.29, 1.82) is 0 Å². The van der Waals surface area contributed by atoms with Crippen molar-refractivity contribution in [2.75, 3.05) is 13.1 Å². The standard InChI is InChI=1S/C11H17N2S2/c1-3-13(4-2)9-7-5-6-8-10(9)14-11(13)15-12/h5-8,11H,3-4,12H2,1-2H3/q+1. The number of hydrogen-bond donors (Lipinski definition) is 1. The highest BCUT2D eigenvalue weighted by Crippen LogP contribution is 2.51. The molecule has 0 saturated carbocycles. The van der Waals surface area contributed by atoms with Gasteiger partial charge in [-0.3, -0.25) is 9.62 Å². The molecule has 1 atom stereocenters. The molecule has 0 amide bonds. The Morgan fingerprint density at radius 1 is 1.33 bits per heavy atom. The minimum Gasteiger partial charge on any atom is -0.272 e. The lowest BCUT2D eigenvalue weighted by Crippen LogP contribution is -2.52. The van der Waals surface area contributed by atoms with Crippen LogP contribution in [0.25, 0.3) is 0 Å². The maximum Gasteiger partial charge on any atom is 0.206 e. The van der Waals surface area contributed by atoms with Crippen molar-refractivity contribution in [3.05, 3.63) is 24.3 Å². The summed E-state index contributed by atoms with van der Waals surface area (Å²) >= 11 is 3.38. The average molecular weight is 241 g/mol. The van der Waals surface area contributed by atoms with Crippen molar-refractivity contribution >= 4 is 29.4 Å². The van der Waals surface area contributed by atoms with Crippen LogP contribution in [0, 0.1) is 0 Å². The van der Waals surface area contributed by atoms with Crippen LogP contribution in [0.15, 0.2) is 29.2 Å². The number of hydrogen-bond acceptors (Lipinski definition) is 3. The van der Waals surface area contributed by atoms with E-state index in [1.807, 2.05) is 11.8 Å². The molecule has 0 spiro atoms. The van der Waals surface area contributed by atoms with E-state index in [0.717, 1.165) is 17.6 Å². The van der Waals surface area contributed by atoms with Gasteiger partial charge in [0.1, 0.15) is 5.69 Å². The normalized spacial score (nSPS) is 22.7. The maximum atomic E-state index is 5.82. The van der Waals surface area contributed by atoms with Gasteiger partial charge in [-0.2, -0.15) is 0 Å². The second kappa shape index (κ2) is 4.37. The first-order chi connectivity index (χ1) is 7.28. The van der Waals surface area contributed by atoms with Crippen LogP contribution < -0.4 is 9.62 Å². The summed E-state index contributed by atoms with van der Waals surface area (Å²) in [6, 6.07) is 8.68. The van der Waals surface area contributed by atoms with Crippen LogP contribution in [-0.2, 0) is 0 Å². The van der Waals surface area contributed by atoms with Crippen molar-refractivity contribution in [2.45, 2.75) is 23.4 Å². The van der Waals surface area contributed by atoms with E-state index in [4.69, 9.17) is 5.14 Å². The van der Waals surface area contributed by atoms with Gasteiger partial charge >= 0.3 is 0 Å². The molecule has 0 fully saturated rings. The molecule has 1 aliphatic rings. The van der Waals surface area contributed by atoms with E-state index in [-0.39, 0.29) is 0 Å². The van der Waals surface area contributed by atoms with Gasteiger partial charge in [0.15, 0.2) is 0 Å². The molecule has 15 heavy (non-hydrogen) atoms. The Balaban J connectivity index is 2.50. The van der Waals surface area contributed by atoms with Gasteiger partial charge in [-0.1, -0.05) is 12.1 Å². The SMILES string of the molecule is CC[N+]1(CC)c2ccccc2SC1SN. The minimum absolute atomic E-state index is 0.414. The number of para-hydroxylation sites is 1. The van der Waals surface area contributed by atoms with Gasteiger partial charge in [0, 0.05) is 6.07 Å². The first-order valence-electron chi connectivity index (χ1n) is 5.27. The number of quaternary nitrogens is 1. The summed E-state index contributed by atoms with van der Waals surface area (Å²) in [6.45, 7) is 6.70. The van der Waals surface area contributed by atoms with E-state index in [9.17, 15) is 0 Å². The van der Waals surface area contributed by atoms with Crippen molar-refractivity contribution < 1.29 is 0 Å². The van der Waals surface area contributed by atoms with E-state index in [1.165, 1.54) is 22.5 Å². The van der Waals surface area contributed by atoms with Crippen molar-refractivity contribution in [3.8, 4) is 0 Å². The molecular formula is C11H17N2S2+. The molecule has 4 heteroatoms. The van der Waals surface area contributed by atoms with Crippen LogP contribution in [0.2, 0.25) is 0 Å². The highest BCUT2D eigenvalue weighted by atomic mass is 32.2. The van der Waals surface area contributed by atoms with Crippen LogP contribution >= 0.6 is 23.7 Å². The molecule has 1 aromatic rings. The molecule has 2 N–H and O–H groups in total. The second-order valence-electron chi connectivity index (χ2n) is 3.70. The van der Waals surface area contributed by atoms with Crippen LogP contribution in [0.1, 0.15) is 13.8 Å². The lowest BCUT2D eigenvalue weighted by atomic mass is 10.2. The lowest BCUT2D eigenvalue weighted by Gasteiger charge is -2.36. The zero-order valence-corrected chi connectivity index (χ0v) is 10.8. The monoisotopic (exact) mass is 241 g/mol. The fourth-order valence-electron chi connectivity index (χ4n) is 2.25. The largest absolute Gasteiger partial charge is 0.272 e. The summed E-state index contributed by atoms with van der Waals surface area (Å²) in [7, 11) is 0. The molecule has 1 heterocycles. The van der Waals surface area contributed by atoms with Crippen LogP contribution in [0.4, 0.5) is 5.69 Å². The Hall–Kier alpha value is -0.160. The summed E-state index contributed by atoms with van der Waals surface area (Å²) in [4.78, 5) is 1.39. The molecule has 1 aromatic carbocycles. The third-order valence-electron chi connectivity index (χ3n) is 3.22. The number of thioether (sulfide) groups is 1. The van der Waals surface area contributed by atoms with Crippen molar-refractivity contribution in [3.63, 3.8) is 0 Å². The van der Waals surface area contributed by atoms with E-state index < -0.39 is 0 Å². The Bertz CT molecular complexity index is 350. The van der Waals surface area contributed by atoms with Gasteiger partial charge in [0.25, 0.3) is 0 Å². The third kappa shape index (κ3) is 1.60. The molecule has 2 rings (SSSR count). The Morgan fingerprint density at radius 3 is 2.60 bits per heavy atom. The summed E-state index contributed by atoms with van der Waals surface area (Å²) in [5.74, 6) is 0. The fourth-order valence-corrected chi connectivity index (χ4v) is 4.79. The van der Waals surface area contributed by atoms with Crippen molar-refractivity contribution in [2.24, 2.45) is 5.14 Å². The molecule has 2 nitrogen and oxygen atoms in total. The third-order valence-corrected chi connectivity index (χ3v) is 5.68. The number of nitrogens with zero attached hydrogens (tertiary/aromatic N) is 1. The van der Waals surface area contributed by atoms with Gasteiger partial charge in [0.05, 0.1) is 18.0 Å². The second-order valence-corrected chi connectivity index (χ2v) is 5.83. The quantitative estimate of drug-likeness (QED) is 0.651. The van der Waals surface area contributed by atoms with Crippen LogP contribution in [0.3, 0.4) is 0 Å². The molecular weight excluding hydrogens is 224 g/mol. The first kappa shape index (κ1) is 11.3. The van der Waals surface area contributed by atoms with Gasteiger partial charge in [-0.25, -0.2) is 0 Å². The van der Waals surface area contributed by atoms with Crippen molar-refractivity contribution in [1.82, 2.24) is 4.48 Å². The Morgan fingerprint density at radius 2 is 2.00 bits per heavy atom. The van der Waals surface area contributed by atoms with Crippen LogP contribution in [-0.4, -0.2) is 17.8 Å². The molecule has 82 valence electrons. The molecule has 0 aliphatic carbocycles. The number of fused-ring (bicyclic) bond motifs is 1. The molecule has 1 aliphatic heterocycles. The van der Waals surface area contributed by atoms with E-state index >= 15 is 0 Å². The van der Waals surface area contributed by atoms with Gasteiger partial charge < -0.3 is 0 Å². The molecule has 0 bridgehead atoms. The zero-order valence-electron chi connectivity index (χ0n) is 9.14. The first-order valence-corrected chi connectivity index (χ1v) is 7.09. The smallest absolute Gasteiger partial charge is 0.206 e. The Labute approximate surface area is 99.9 Å². The highest BCUT2D eigenvalue weighted by molar-refractivity contribution is 8.16. The summed E-state index contributed by atoms with van der Waals surface area (Å²) < 4.78 is 1.42. The van der Waals surface area contributed by atoms with E-state index in [1.54, 1.807) is 0 Å². The minimum atomic E-state index is 0.414. The van der Waals surface area contributed by atoms with E-state index in [0.29, 0.717) is 4.71 Å². The summed E-state index contributed by atoms with van der Waals surface area (Å²) in [5.41, 5.74) is 1.44. The number of nitrogens with two attached hydrogens (primary N) is 1. The Kier molecular flexibility index (Phi) is 3.30. The maximum absolute atomic E-state index is 5.82. The van der Waals surface area contributed by atoms with Gasteiger partial charge in [-0.05, 0) is 43.6 Å². The van der Waals surface area contributed by atoms with E-state index in [2.05, 4.69) is 38.1 Å². The molecule has 0 saturated heterocycles. The molecule has 1 unspecified atom stereocenters.